The Labute approximate surface area is 171 Å². The molecule has 1 aromatic heterocycles. The van der Waals surface area contributed by atoms with Crippen molar-refractivity contribution in [3.05, 3.63) is 42.3 Å². The Morgan fingerprint density at radius 3 is 2.74 bits per heavy atom. The summed E-state index contributed by atoms with van der Waals surface area (Å²) in [5, 5.41) is 3.21. The fraction of sp³-hybridized carbons (Fsp3) is 0.500. The summed E-state index contributed by atoms with van der Waals surface area (Å²) in [4.78, 5) is 18.9. The Morgan fingerprint density at radius 2 is 2.04 bits per heavy atom. The number of aromatic nitrogens is 1. The van der Waals surface area contributed by atoms with Crippen molar-refractivity contribution in [1.82, 2.24) is 15.2 Å². The molecule has 0 saturated carbocycles. The Kier molecular flexibility index (Phi) is 9.18. The zero-order chi connectivity index (χ0) is 18.2. The zero-order valence-electron chi connectivity index (χ0n) is 15.7. The highest BCUT2D eigenvalue weighted by molar-refractivity contribution is 7.99. The maximum Gasteiger partial charge on any atom is 0.232 e. The van der Waals surface area contributed by atoms with Crippen LogP contribution in [-0.4, -0.2) is 48.2 Å². The molecule has 0 bridgehead atoms. The van der Waals surface area contributed by atoms with E-state index in [1.165, 1.54) is 6.42 Å². The van der Waals surface area contributed by atoms with Crippen LogP contribution in [0.15, 0.2) is 41.0 Å². The number of oxazole rings is 1. The van der Waals surface area contributed by atoms with Crippen molar-refractivity contribution in [3.8, 4) is 11.5 Å². The zero-order valence-corrected chi connectivity index (χ0v) is 17.4. The maximum absolute atomic E-state index is 12.4. The molecule has 0 radical (unpaired) electrons. The summed E-state index contributed by atoms with van der Waals surface area (Å²) in [6, 6.07) is 9.86. The van der Waals surface area contributed by atoms with Gasteiger partial charge in [0.15, 0.2) is 0 Å². The molecule has 3 rings (SSSR count). The average Bonchev–Trinajstić information content (AvgIpc) is 3.16. The standard InChI is InChI=1S/C20H27N3O2S.ClH/c1-21-10-7-16-8-11-23(12-9-16)19(24)15-26-14-18-13-25-20(22-18)17-5-3-2-4-6-17;/h2-6,13,16,21H,7-12,14-15H2,1H3;1H. The van der Waals surface area contributed by atoms with Crippen molar-refractivity contribution in [3.63, 3.8) is 0 Å². The number of hydrogen-bond acceptors (Lipinski definition) is 5. The van der Waals surface area contributed by atoms with Gasteiger partial charge in [-0.2, -0.15) is 0 Å². The van der Waals surface area contributed by atoms with Crippen LogP contribution in [-0.2, 0) is 10.5 Å². The maximum atomic E-state index is 12.4. The van der Waals surface area contributed by atoms with Gasteiger partial charge in [0.05, 0.1) is 11.4 Å². The van der Waals surface area contributed by atoms with E-state index < -0.39 is 0 Å². The van der Waals surface area contributed by atoms with E-state index >= 15 is 0 Å². The molecule has 0 aliphatic carbocycles. The molecule has 2 aromatic rings. The molecule has 1 amide bonds. The van der Waals surface area contributed by atoms with Crippen LogP contribution in [0.5, 0.6) is 0 Å². The molecule has 1 aliphatic heterocycles. The Balaban J connectivity index is 0.00000261. The molecule has 0 atom stereocenters. The number of hydrogen-bond donors (Lipinski definition) is 1. The van der Waals surface area contributed by atoms with Gasteiger partial charge < -0.3 is 14.6 Å². The highest BCUT2D eigenvalue weighted by Crippen LogP contribution is 2.22. The van der Waals surface area contributed by atoms with Crippen molar-refractivity contribution < 1.29 is 9.21 Å². The summed E-state index contributed by atoms with van der Waals surface area (Å²) in [5.74, 6) is 2.84. The number of piperidine rings is 1. The van der Waals surface area contributed by atoms with Gasteiger partial charge in [0, 0.05) is 24.4 Å². The summed E-state index contributed by atoms with van der Waals surface area (Å²) in [6.45, 7) is 2.86. The number of amides is 1. The van der Waals surface area contributed by atoms with Crippen LogP contribution >= 0.6 is 24.2 Å². The summed E-state index contributed by atoms with van der Waals surface area (Å²) in [6.07, 6.45) is 5.15. The minimum Gasteiger partial charge on any atom is -0.444 e. The van der Waals surface area contributed by atoms with Gasteiger partial charge in [0.25, 0.3) is 0 Å². The van der Waals surface area contributed by atoms with Crippen LogP contribution in [0, 0.1) is 5.92 Å². The van der Waals surface area contributed by atoms with Crippen LogP contribution in [0.2, 0.25) is 0 Å². The van der Waals surface area contributed by atoms with Gasteiger partial charge in [-0.1, -0.05) is 18.2 Å². The highest BCUT2D eigenvalue weighted by Gasteiger charge is 2.22. The topological polar surface area (TPSA) is 58.4 Å². The number of rotatable bonds is 8. The molecular formula is C20H28ClN3O2S. The van der Waals surface area contributed by atoms with Gasteiger partial charge >= 0.3 is 0 Å². The van der Waals surface area contributed by atoms with Crippen molar-refractivity contribution >= 4 is 30.1 Å². The molecule has 1 N–H and O–H groups in total. The number of thioether (sulfide) groups is 1. The number of likely N-dealkylation sites (tertiary alicyclic amines) is 1. The lowest BCUT2D eigenvalue weighted by atomic mass is 9.93. The SMILES string of the molecule is CNCCC1CCN(C(=O)CSCc2coc(-c3ccccc3)n2)CC1.Cl. The predicted octanol–water partition coefficient (Wildman–Crippen LogP) is 3.84. The lowest BCUT2D eigenvalue weighted by Gasteiger charge is -2.32. The third-order valence-electron chi connectivity index (χ3n) is 4.82. The van der Waals surface area contributed by atoms with E-state index in [4.69, 9.17) is 4.42 Å². The first kappa shape index (κ1) is 21.8. The molecule has 1 aliphatic rings. The van der Waals surface area contributed by atoms with Gasteiger partial charge in [0.1, 0.15) is 6.26 Å². The van der Waals surface area contributed by atoms with Crippen LogP contribution < -0.4 is 5.32 Å². The summed E-state index contributed by atoms with van der Waals surface area (Å²) in [7, 11) is 1.99. The number of carbonyl (C=O) groups excluding carboxylic acids is 1. The second-order valence-electron chi connectivity index (χ2n) is 6.72. The van der Waals surface area contributed by atoms with Gasteiger partial charge in [-0.25, -0.2) is 4.98 Å². The quantitative estimate of drug-likeness (QED) is 0.717. The first-order valence-corrected chi connectivity index (χ1v) is 10.4. The van der Waals surface area contributed by atoms with Crippen LogP contribution in [0.25, 0.3) is 11.5 Å². The number of halogens is 1. The number of benzene rings is 1. The molecular weight excluding hydrogens is 382 g/mol. The third-order valence-corrected chi connectivity index (χ3v) is 5.77. The Morgan fingerprint density at radius 1 is 1.30 bits per heavy atom. The number of nitrogens with one attached hydrogen (secondary N) is 1. The van der Waals surface area contributed by atoms with Gasteiger partial charge in [-0.05, 0) is 50.9 Å². The second kappa shape index (κ2) is 11.4. The van der Waals surface area contributed by atoms with Crippen molar-refractivity contribution in [2.75, 3.05) is 32.4 Å². The van der Waals surface area contributed by atoms with Gasteiger partial charge in [-0.15, -0.1) is 24.2 Å². The Bertz CT molecular complexity index is 688. The average molecular weight is 410 g/mol. The van der Waals surface area contributed by atoms with Crippen molar-refractivity contribution in [2.24, 2.45) is 5.92 Å². The van der Waals surface area contributed by atoms with E-state index in [1.807, 2.05) is 42.3 Å². The molecule has 1 aromatic carbocycles. The molecule has 27 heavy (non-hydrogen) atoms. The molecule has 0 spiro atoms. The minimum absolute atomic E-state index is 0. The smallest absolute Gasteiger partial charge is 0.232 e. The molecule has 5 nitrogen and oxygen atoms in total. The number of nitrogens with zero attached hydrogens (tertiary/aromatic N) is 2. The molecule has 0 unspecified atom stereocenters. The first-order chi connectivity index (χ1) is 12.8. The normalized spacial score (nSPS) is 14.8. The van der Waals surface area contributed by atoms with E-state index in [-0.39, 0.29) is 18.3 Å². The van der Waals surface area contributed by atoms with Crippen LogP contribution in [0.1, 0.15) is 25.0 Å². The third kappa shape index (κ3) is 6.55. The van der Waals surface area contributed by atoms with Crippen molar-refractivity contribution in [2.45, 2.75) is 25.0 Å². The van der Waals surface area contributed by atoms with E-state index in [1.54, 1.807) is 18.0 Å². The summed E-state index contributed by atoms with van der Waals surface area (Å²) < 4.78 is 5.54. The van der Waals surface area contributed by atoms with E-state index in [0.717, 1.165) is 49.7 Å². The molecule has 1 saturated heterocycles. The summed E-state index contributed by atoms with van der Waals surface area (Å²) >= 11 is 1.61. The van der Waals surface area contributed by atoms with Crippen LogP contribution in [0.4, 0.5) is 0 Å². The fourth-order valence-corrected chi connectivity index (χ4v) is 4.04. The van der Waals surface area contributed by atoms with E-state index in [0.29, 0.717) is 17.4 Å². The summed E-state index contributed by atoms with van der Waals surface area (Å²) in [5.41, 5.74) is 1.85. The lowest BCUT2D eigenvalue weighted by Crippen LogP contribution is -2.39. The molecule has 148 valence electrons. The fourth-order valence-electron chi connectivity index (χ4n) is 3.24. The monoisotopic (exact) mass is 409 g/mol. The Hall–Kier alpha value is -1.50. The molecule has 7 heteroatoms. The second-order valence-corrected chi connectivity index (χ2v) is 7.70. The molecule has 1 fully saturated rings. The number of carbonyl (C=O) groups is 1. The first-order valence-electron chi connectivity index (χ1n) is 9.26. The molecule has 2 heterocycles. The predicted molar refractivity (Wildman–Crippen MR) is 113 cm³/mol. The lowest BCUT2D eigenvalue weighted by molar-refractivity contribution is -0.129. The van der Waals surface area contributed by atoms with Gasteiger partial charge in [-0.3, -0.25) is 4.79 Å². The largest absolute Gasteiger partial charge is 0.444 e. The minimum atomic E-state index is 0. The van der Waals surface area contributed by atoms with Crippen molar-refractivity contribution in [1.29, 1.82) is 0 Å². The van der Waals surface area contributed by atoms with E-state index in [9.17, 15) is 4.79 Å². The highest BCUT2D eigenvalue weighted by atomic mass is 35.5. The van der Waals surface area contributed by atoms with Gasteiger partial charge in [0.2, 0.25) is 11.8 Å². The van der Waals surface area contributed by atoms with Crippen LogP contribution in [0.3, 0.4) is 0 Å². The van der Waals surface area contributed by atoms with E-state index in [2.05, 4.69) is 10.3 Å².